The van der Waals surface area contributed by atoms with E-state index in [4.69, 9.17) is 15.3 Å². The van der Waals surface area contributed by atoms with Crippen molar-refractivity contribution in [2.24, 2.45) is 0 Å². The van der Waals surface area contributed by atoms with E-state index in [0.29, 0.717) is 0 Å². The van der Waals surface area contributed by atoms with Gasteiger partial charge in [0.05, 0.1) is 17.1 Å². The number of hydrogen-bond donors (Lipinski definition) is 0. The van der Waals surface area contributed by atoms with Gasteiger partial charge in [-0.2, -0.15) is 15.3 Å². The first-order chi connectivity index (χ1) is 15.3. The lowest BCUT2D eigenvalue weighted by Crippen LogP contribution is -2.32. The van der Waals surface area contributed by atoms with Gasteiger partial charge in [-0.1, -0.05) is 62.3 Å². The third-order valence-corrected chi connectivity index (χ3v) is 6.88. The lowest BCUT2D eigenvalue weighted by Gasteiger charge is -2.26. The van der Waals surface area contributed by atoms with Crippen molar-refractivity contribution in [3.8, 4) is 0 Å². The molecule has 3 heterocycles. The molecule has 0 aliphatic rings. The SMILES string of the molecule is Cc1nn(C(n2nc(C)c(C(C)(C)C)c2C)n2nc(C)c(C(C)(C)C)c2C)c(C)c1C(C)(C)C. The smallest absolute Gasteiger partial charge is 0.224 e. The van der Waals surface area contributed by atoms with Gasteiger partial charge < -0.3 is 0 Å². The first-order valence-corrected chi connectivity index (χ1v) is 12.5. The zero-order chi connectivity index (χ0) is 26.1. The molecular formula is C28H46N6. The lowest BCUT2D eigenvalue weighted by molar-refractivity contribution is 0.267. The molecule has 188 valence electrons. The zero-order valence-electron chi connectivity index (χ0n) is 24.3. The highest BCUT2D eigenvalue weighted by molar-refractivity contribution is 5.36. The van der Waals surface area contributed by atoms with E-state index < -0.39 is 0 Å². The standard InChI is InChI=1S/C28H46N6/c1-16-22(26(7,8)9)19(4)32(29-16)25(33-20(5)23(17(2)30-33)27(10,11)12)34-21(6)24(18(3)31-34)28(13,14)15/h25H,1-15H3. The van der Waals surface area contributed by atoms with E-state index in [-0.39, 0.29) is 22.5 Å². The molecule has 0 fully saturated rings. The Bertz CT molecular complexity index is 1060. The summed E-state index contributed by atoms with van der Waals surface area (Å²) in [6, 6.07) is 0. The van der Waals surface area contributed by atoms with Crippen LogP contribution < -0.4 is 0 Å². The molecule has 6 nitrogen and oxygen atoms in total. The van der Waals surface area contributed by atoms with Crippen LogP contribution in [0.1, 0.15) is 119 Å². The van der Waals surface area contributed by atoms with Crippen LogP contribution in [0.5, 0.6) is 0 Å². The predicted molar refractivity (Wildman–Crippen MR) is 141 cm³/mol. The summed E-state index contributed by atoms with van der Waals surface area (Å²) in [5, 5.41) is 15.3. The quantitative estimate of drug-likeness (QED) is 0.438. The summed E-state index contributed by atoms with van der Waals surface area (Å²) in [5.74, 6) is 0. The maximum atomic E-state index is 5.11. The maximum Gasteiger partial charge on any atom is 0.238 e. The van der Waals surface area contributed by atoms with Crippen molar-refractivity contribution < 1.29 is 0 Å². The second-order valence-corrected chi connectivity index (χ2v) is 13.1. The minimum atomic E-state index is -0.320. The molecule has 0 N–H and O–H groups in total. The Labute approximate surface area is 206 Å². The third-order valence-electron chi connectivity index (χ3n) is 6.88. The average Bonchev–Trinajstić information content (AvgIpc) is 3.19. The Hall–Kier alpha value is -2.37. The van der Waals surface area contributed by atoms with E-state index in [1.54, 1.807) is 0 Å². The fourth-order valence-corrected chi connectivity index (χ4v) is 6.23. The van der Waals surface area contributed by atoms with Crippen LogP contribution in [0.25, 0.3) is 0 Å². The Morgan fingerprint density at radius 1 is 0.441 bits per heavy atom. The van der Waals surface area contributed by atoms with Gasteiger partial charge in [0, 0.05) is 33.8 Å². The van der Waals surface area contributed by atoms with Crippen LogP contribution in [-0.2, 0) is 16.2 Å². The topological polar surface area (TPSA) is 53.5 Å². The molecule has 3 rings (SSSR count). The van der Waals surface area contributed by atoms with Gasteiger partial charge in [-0.15, -0.1) is 0 Å². The molecule has 6 heteroatoms. The van der Waals surface area contributed by atoms with Crippen LogP contribution in [-0.4, -0.2) is 29.3 Å². The van der Waals surface area contributed by atoms with Crippen LogP contribution in [0, 0.1) is 41.5 Å². The summed E-state index contributed by atoms with van der Waals surface area (Å²) >= 11 is 0. The molecule has 0 bridgehead atoms. The first-order valence-electron chi connectivity index (χ1n) is 12.5. The number of nitrogens with zero attached hydrogens (tertiary/aromatic N) is 6. The molecule has 0 saturated heterocycles. The highest BCUT2D eigenvalue weighted by atomic mass is 15.6. The summed E-state index contributed by atoms with van der Waals surface area (Å²) in [6.45, 7) is 33.2. The van der Waals surface area contributed by atoms with Gasteiger partial charge in [-0.3, -0.25) is 0 Å². The van der Waals surface area contributed by atoms with E-state index >= 15 is 0 Å². The fourth-order valence-electron chi connectivity index (χ4n) is 6.23. The molecule has 0 saturated carbocycles. The van der Waals surface area contributed by atoms with Crippen molar-refractivity contribution in [1.82, 2.24) is 29.3 Å². The van der Waals surface area contributed by atoms with Crippen molar-refractivity contribution in [3.05, 3.63) is 50.9 Å². The Balaban J connectivity index is 2.43. The molecule has 0 aliphatic heterocycles. The number of aromatic nitrogens is 6. The summed E-state index contributed by atoms with van der Waals surface area (Å²) in [7, 11) is 0. The summed E-state index contributed by atoms with van der Waals surface area (Å²) in [5.41, 5.74) is 10.5. The Morgan fingerprint density at radius 3 is 0.794 bits per heavy atom. The predicted octanol–water partition coefficient (Wildman–Crippen LogP) is 6.57. The van der Waals surface area contributed by atoms with Gasteiger partial charge in [0.2, 0.25) is 6.29 Å². The van der Waals surface area contributed by atoms with Gasteiger partial charge in [0.15, 0.2) is 0 Å². The summed E-state index contributed by atoms with van der Waals surface area (Å²) in [4.78, 5) is 0. The van der Waals surface area contributed by atoms with Crippen molar-refractivity contribution in [2.45, 2.75) is 126 Å². The van der Waals surface area contributed by atoms with E-state index in [0.717, 1.165) is 34.2 Å². The second kappa shape index (κ2) is 8.10. The Morgan fingerprint density at radius 2 is 0.647 bits per heavy atom. The minimum absolute atomic E-state index is 0.00569. The molecular weight excluding hydrogens is 420 g/mol. The van der Waals surface area contributed by atoms with Crippen molar-refractivity contribution in [3.63, 3.8) is 0 Å². The van der Waals surface area contributed by atoms with Crippen LogP contribution in [0.2, 0.25) is 0 Å². The first kappa shape index (κ1) is 26.2. The van der Waals surface area contributed by atoms with Crippen molar-refractivity contribution in [2.75, 3.05) is 0 Å². The summed E-state index contributed by atoms with van der Waals surface area (Å²) < 4.78 is 6.40. The average molecular weight is 467 g/mol. The van der Waals surface area contributed by atoms with Crippen LogP contribution >= 0.6 is 0 Å². The maximum absolute atomic E-state index is 5.11. The van der Waals surface area contributed by atoms with Crippen molar-refractivity contribution in [1.29, 1.82) is 0 Å². The highest BCUT2D eigenvalue weighted by Crippen LogP contribution is 2.36. The second-order valence-electron chi connectivity index (χ2n) is 13.1. The van der Waals surface area contributed by atoms with E-state index in [2.05, 4.69) is 118 Å². The molecule has 0 radical (unpaired) electrons. The zero-order valence-corrected chi connectivity index (χ0v) is 24.3. The highest BCUT2D eigenvalue weighted by Gasteiger charge is 2.34. The molecule has 0 unspecified atom stereocenters. The van der Waals surface area contributed by atoms with E-state index in [1.165, 1.54) is 16.7 Å². The number of aryl methyl sites for hydroxylation is 3. The third kappa shape index (κ3) is 4.25. The molecule has 0 atom stereocenters. The monoisotopic (exact) mass is 466 g/mol. The summed E-state index contributed by atoms with van der Waals surface area (Å²) in [6.07, 6.45) is -0.320. The van der Waals surface area contributed by atoms with Crippen molar-refractivity contribution >= 4 is 0 Å². The van der Waals surface area contributed by atoms with E-state index in [1.807, 2.05) is 0 Å². The number of hydrogen-bond acceptors (Lipinski definition) is 3. The Kier molecular flexibility index (Phi) is 6.25. The fraction of sp³-hybridized carbons (Fsp3) is 0.679. The number of rotatable bonds is 3. The molecule has 0 spiro atoms. The molecule has 3 aromatic heterocycles. The lowest BCUT2D eigenvalue weighted by atomic mass is 9.85. The van der Waals surface area contributed by atoms with Gasteiger partial charge in [-0.25, -0.2) is 14.0 Å². The van der Waals surface area contributed by atoms with Gasteiger partial charge in [0.1, 0.15) is 0 Å². The van der Waals surface area contributed by atoms with Crippen LogP contribution in [0.15, 0.2) is 0 Å². The normalized spacial score (nSPS) is 13.4. The van der Waals surface area contributed by atoms with Gasteiger partial charge >= 0.3 is 0 Å². The largest absolute Gasteiger partial charge is 0.238 e. The molecule has 34 heavy (non-hydrogen) atoms. The van der Waals surface area contributed by atoms with E-state index in [9.17, 15) is 0 Å². The molecule has 0 amide bonds. The van der Waals surface area contributed by atoms with Crippen LogP contribution in [0.4, 0.5) is 0 Å². The van der Waals surface area contributed by atoms with Gasteiger partial charge in [0.25, 0.3) is 0 Å². The van der Waals surface area contributed by atoms with Crippen LogP contribution in [0.3, 0.4) is 0 Å². The molecule has 0 aliphatic carbocycles. The minimum Gasteiger partial charge on any atom is -0.224 e. The van der Waals surface area contributed by atoms with Gasteiger partial charge in [-0.05, 0) is 57.8 Å². The molecule has 0 aromatic carbocycles. The molecule has 3 aromatic rings.